The highest BCUT2D eigenvalue weighted by Gasteiger charge is 2.22. The number of unbranched alkanes of at least 4 members (excludes halogenated alkanes) is 2. The Bertz CT molecular complexity index is 988. The minimum absolute atomic E-state index is 0.172. The lowest BCUT2D eigenvalue weighted by Gasteiger charge is -2.17. The molecule has 0 amide bonds. The summed E-state index contributed by atoms with van der Waals surface area (Å²) in [6, 6.07) is 6.63. The van der Waals surface area contributed by atoms with Crippen molar-refractivity contribution in [2.24, 2.45) is 0 Å². The molecule has 0 aliphatic rings. The predicted molar refractivity (Wildman–Crippen MR) is 131 cm³/mol. The first-order valence-corrected chi connectivity index (χ1v) is 11.2. The Morgan fingerprint density at radius 1 is 0.765 bits per heavy atom. The van der Waals surface area contributed by atoms with Crippen molar-refractivity contribution >= 4 is 40.7 Å². The monoisotopic (exact) mass is 510 g/mol. The minimum Gasteiger partial charge on any atom is -0.494 e. The van der Waals surface area contributed by atoms with Crippen LogP contribution in [-0.2, 0) is 14.2 Å². The van der Waals surface area contributed by atoms with Gasteiger partial charge in [0.1, 0.15) is 11.1 Å². The van der Waals surface area contributed by atoms with Crippen molar-refractivity contribution in [3.63, 3.8) is 0 Å². The molecule has 2 aromatic carbocycles. The quantitative estimate of drug-likeness (QED) is 0.277. The molecule has 0 saturated carbocycles. The summed E-state index contributed by atoms with van der Waals surface area (Å²) < 4.78 is 25.6. The maximum absolute atomic E-state index is 12.4. The lowest BCUT2D eigenvalue weighted by Crippen LogP contribution is -2.07. The van der Waals surface area contributed by atoms with Crippen LogP contribution in [0.3, 0.4) is 0 Å². The average Bonchev–Trinajstić information content (AvgIpc) is 2.84. The number of carbonyl (C=O) groups is 2. The number of hydrogen-bond donors (Lipinski definition) is 0. The third-order valence-electron chi connectivity index (χ3n) is 5.08. The summed E-state index contributed by atoms with van der Waals surface area (Å²) in [6.07, 6.45) is 4.42. The maximum Gasteiger partial charge on any atom is 0.341 e. The Morgan fingerprint density at radius 3 is 1.62 bits per heavy atom. The van der Waals surface area contributed by atoms with Crippen LogP contribution in [-0.4, -0.2) is 54.1 Å². The number of rotatable bonds is 11. The molecular weight excluding hydrogens is 483 g/mol. The molecule has 2 aromatic rings. The first kappa shape index (κ1) is 27.5. The van der Waals surface area contributed by atoms with Gasteiger partial charge in [0, 0.05) is 13.7 Å². The molecule has 2 rings (SSSR count). The summed E-state index contributed by atoms with van der Waals surface area (Å²) in [5, 5.41) is 0.469. The van der Waals surface area contributed by atoms with Crippen molar-refractivity contribution in [1.29, 1.82) is 0 Å². The number of ether oxygens (including phenoxy) is 5. The number of halogens is 2. The molecular formula is C25H28Cl2O7. The molecule has 0 aliphatic heterocycles. The summed E-state index contributed by atoms with van der Waals surface area (Å²) in [5.41, 5.74) is 2.29. The highest BCUT2D eigenvalue weighted by molar-refractivity contribution is 6.33. The van der Waals surface area contributed by atoms with Crippen LogP contribution in [0.25, 0.3) is 5.57 Å². The van der Waals surface area contributed by atoms with Crippen molar-refractivity contribution in [1.82, 2.24) is 0 Å². The minimum atomic E-state index is -0.594. The largest absolute Gasteiger partial charge is 0.494 e. The van der Waals surface area contributed by atoms with Crippen LogP contribution in [0.2, 0.25) is 10.0 Å². The van der Waals surface area contributed by atoms with Crippen LogP contribution < -0.4 is 9.47 Å². The fourth-order valence-corrected chi connectivity index (χ4v) is 4.07. The Balaban J connectivity index is 2.73. The van der Waals surface area contributed by atoms with E-state index in [1.807, 2.05) is 6.08 Å². The molecule has 0 spiro atoms. The Morgan fingerprint density at radius 2 is 1.24 bits per heavy atom. The number of esters is 2. The van der Waals surface area contributed by atoms with Crippen molar-refractivity contribution in [2.75, 3.05) is 42.2 Å². The van der Waals surface area contributed by atoms with E-state index in [2.05, 4.69) is 0 Å². The normalized spacial score (nSPS) is 10.4. The third-order valence-corrected chi connectivity index (χ3v) is 5.64. The van der Waals surface area contributed by atoms with Crippen LogP contribution in [0.4, 0.5) is 0 Å². The first-order chi connectivity index (χ1) is 16.3. The SMILES string of the molecule is COCCCCC=C(c1cc(Cl)c(OC)c(C(=O)OC)c1)c1cc(Cl)c(OC)c(C(=O)OC)c1. The molecule has 7 nitrogen and oxygen atoms in total. The molecule has 0 bridgehead atoms. The third kappa shape index (κ3) is 6.44. The number of methoxy groups -OCH3 is 5. The van der Waals surface area contributed by atoms with Gasteiger partial charge in [-0.1, -0.05) is 29.3 Å². The van der Waals surface area contributed by atoms with E-state index in [0.717, 1.165) is 12.8 Å². The summed E-state index contributed by atoms with van der Waals surface area (Å²) in [4.78, 5) is 24.8. The molecule has 9 heteroatoms. The van der Waals surface area contributed by atoms with Gasteiger partial charge in [0.2, 0.25) is 0 Å². The van der Waals surface area contributed by atoms with Gasteiger partial charge in [0.25, 0.3) is 0 Å². The van der Waals surface area contributed by atoms with Gasteiger partial charge in [-0.25, -0.2) is 9.59 Å². The maximum atomic E-state index is 12.4. The second kappa shape index (κ2) is 13.2. The van der Waals surface area contributed by atoms with E-state index < -0.39 is 11.9 Å². The Hall–Kier alpha value is -2.74. The molecule has 0 aromatic heterocycles. The summed E-state index contributed by atoms with van der Waals surface area (Å²) in [5.74, 6) is -0.773. The second-order valence-corrected chi connectivity index (χ2v) is 7.98. The van der Waals surface area contributed by atoms with Gasteiger partial charge in [-0.3, -0.25) is 0 Å². The summed E-state index contributed by atoms with van der Waals surface area (Å²) in [7, 11) is 7.06. The molecule has 0 unspecified atom stereocenters. The number of carbonyl (C=O) groups excluding carboxylic acids is 2. The summed E-state index contributed by atoms with van der Waals surface area (Å²) >= 11 is 12.9. The van der Waals surface area contributed by atoms with E-state index in [1.54, 1.807) is 31.4 Å². The molecule has 0 radical (unpaired) electrons. The van der Waals surface area contributed by atoms with Crippen molar-refractivity contribution in [3.05, 3.63) is 62.6 Å². The fourth-order valence-electron chi connectivity index (χ4n) is 3.48. The number of hydrogen-bond acceptors (Lipinski definition) is 7. The van der Waals surface area contributed by atoms with E-state index >= 15 is 0 Å². The van der Waals surface area contributed by atoms with E-state index in [9.17, 15) is 9.59 Å². The lowest BCUT2D eigenvalue weighted by atomic mass is 9.93. The molecule has 34 heavy (non-hydrogen) atoms. The van der Waals surface area contributed by atoms with Gasteiger partial charge in [-0.15, -0.1) is 0 Å². The zero-order valence-electron chi connectivity index (χ0n) is 19.8. The topological polar surface area (TPSA) is 80.3 Å². The smallest absolute Gasteiger partial charge is 0.341 e. The van der Waals surface area contributed by atoms with E-state index in [1.165, 1.54) is 28.4 Å². The Labute approximate surface area is 209 Å². The molecule has 0 fully saturated rings. The van der Waals surface area contributed by atoms with Gasteiger partial charge in [0.05, 0.1) is 38.5 Å². The van der Waals surface area contributed by atoms with Gasteiger partial charge >= 0.3 is 11.9 Å². The first-order valence-electron chi connectivity index (χ1n) is 10.4. The van der Waals surface area contributed by atoms with Crippen LogP contribution in [0.5, 0.6) is 11.5 Å². The highest BCUT2D eigenvalue weighted by Crippen LogP contribution is 2.38. The Kier molecular flexibility index (Phi) is 10.7. The zero-order valence-corrected chi connectivity index (χ0v) is 21.3. The standard InChI is InChI=1S/C25H28Cl2O7/c1-30-10-8-6-7-9-17(15-11-18(24(28)33-4)22(31-2)20(26)13-15)16-12-19(25(29)34-5)23(32-3)21(27)14-16/h9,11-14H,6-8,10H2,1-5H3. The fraction of sp³-hybridized carbons (Fsp3) is 0.360. The van der Waals surface area contributed by atoms with Crippen LogP contribution in [0.1, 0.15) is 51.1 Å². The molecule has 0 N–H and O–H groups in total. The lowest BCUT2D eigenvalue weighted by molar-refractivity contribution is 0.0588. The van der Waals surface area contributed by atoms with Gasteiger partial charge in [0.15, 0.2) is 11.5 Å². The van der Waals surface area contributed by atoms with Crippen molar-refractivity contribution in [2.45, 2.75) is 19.3 Å². The number of allylic oxidation sites excluding steroid dienone is 1. The second-order valence-electron chi connectivity index (χ2n) is 7.17. The van der Waals surface area contributed by atoms with Crippen molar-refractivity contribution in [3.8, 4) is 11.5 Å². The molecule has 0 saturated heterocycles. The van der Waals surface area contributed by atoms with E-state index in [4.69, 9.17) is 46.9 Å². The van der Waals surface area contributed by atoms with Crippen molar-refractivity contribution < 1.29 is 33.3 Å². The molecule has 0 aliphatic carbocycles. The van der Waals surface area contributed by atoms with Gasteiger partial charge < -0.3 is 23.7 Å². The van der Waals surface area contributed by atoms with Crippen LogP contribution in [0, 0.1) is 0 Å². The molecule has 0 atom stereocenters. The van der Waals surface area contributed by atoms with Gasteiger partial charge in [-0.05, 0) is 60.2 Å². The summed E-state index contributed by atoms with van der Waals surface area (Å²) in [6.45, 7) is 0.644. The highest BCUT2D eigenvalue weighted by atomic mass is 35.5. The van der Waals surface area contributed by atoms with E-state index in [0.29, 0.717) is 29.7 Å². The van der Waals surface area contributed by atoms with E-state index in [-0.39, 0.29) is 32.7 Å². The molecule has 184 valence electrons. The van der Waals surface area contributed by atoms with Crippen LogP contribution >= 0.6 is 23.2 Å². The molecule has 0 heterocycles. The zero-order chi connectivity index (χ0) is 25.3. The number of benzene rings is 2. The van der Waals surface area contributed by atoms with Crippen LogP contribution in [0.15, 0.2) is 30.3 Å². The average molecular weight is 511 g/mol. The van der Waals surface area contributed by atoms with Gasteiger partial charge in [-0.2, -0.15) is 0 Å². The predicted octanol–water partition coefficient (Wildman–Crippen LogP) is 5.83.